The molecule has 0 saturated heterocycles. The van der Waals surface area contributed by atoms with Crippen LogP contribution >= 0.6 is 35.1 Å². The predicted molar refractivity (Wildman–Crippen MR) is 91.6 cm³/mol. The number of hydrogen-bond acceptors (Lipinski definition) is 3. The van der Waals surface area contributed by atoms with E-state index in [2.05, 4.69) is 0 Å². The molecule has 0 radical (unpaired) electrons. The standard InChI is InChI=1S/C16H13ClFNS2/c17-12-4-5-15-14(9-12)19-16(6-7-20-15)21-10-11-2-1-3-13(18)8-11/h1-5,8-9H,6-7,10H2. The van der Waals surface area contributed by atoms with E-state index < -0.39 is 0 Å². The van der Waals surface area contributed by atoms with E-state index in [1.54, 1.807) is 35.7 Å². The maximum Gasteiger partial charge on any atom is 0.123 e. The third-order valence-corrected chi connectivity index (χ3v) is 5.44. The smallest absolute Gasteiger partial charge is 0.123 e. The van der Waals surface area contributed by atoms with Gasteiger partial charge in [0.15, 0.2) is 0 Å². The van der Waals surface area contributed by atoms with Gasteiger partial charge in [-0.2, -0.15) is 0 Å². The second kappa shape index (κ2) is 6.86. The number of rotatable bonds is 2. The normalized spacial score (nSPS) is 14.3. The quantitative estimate of drug-likeness (QED) is 0.672. The predicted octanol–water partition coefficient (Wildman–Crippen LogP) is 5.94. The zero-order valence-electron chi connectivity index (χ0n) is 11.2. The molecule has 0 amide bonds. The van der Waals surface area contributed by atoms with E-state index in [9.17, 15) is 4.39 Å². The molecule has 0 unspecified atom stereocenters. The Labute approximate surface area is 137 Å². The molecule has 0 bridgehead atoms. The number of nitrogens with zero attached hydrogens (tertiary/aromatic N) is 1. The van der Waals surface area contributed by atoms with Gasteiger partial charge in [-0.15, -0.1) is 23.5 Å². The average Bonchev–Trinajstić information content (AvgIpc) is 2.66. The van der Waals surface area contributed by atoms with Crippen molar-refractivity contribution in [1.29, 1.82) is 0 Å². The molecule has 1 heterocycles. The van der Waals surface area contributed by atoms with Gasteiger partial charge in [-0.25, -0.2) is 9.38 Å². The Bertz CT molecular complexity index is 688. The van der Waals surface area contributed by atoms with Crippen LogP contribution in [0.3, 0.4) is 0 Å². The molecule has 1 aliphatic rings. The topological polar surface area (TPSA) is 12.4 Å². The molecule has 1 aliphatic heterocycles. The van der Waals surface area contributed by atoms with Crippen LogP contribution < -0.4 is 0 Å². The van der Waals surface area contributed by atoms with Crippen LogP contribution in [0.1, 0.15) is 12.0 Å². The number of thioether (sulfide) groups is 2. The fraction of sp³-hybridized carbons (Fsp3) is 0.188. The van der Waals surface area contributed by atoms with E-state index in [4.69, 9.17) is 16.6 Å². The van der Waals surface area contributed by atoms with E-state index >= 15 is 0 Å². The summed E-state index contributed by atoms with van der Waals surface area (Å²) in [6, 6.07) is 12.5. The van der Waals surface area contributed by atoms with Crippen LogP contribution in [0.2, 0.25) is 5.02 Å². The minimum absolute atomic E-state index is 0.191. The monoisotopic (exact) mass is 337 g/mol. The lowest BCUT2D eigenvalue weighted by molar-refractivity contribution is 0.626. The van der Waals surface area contributed by atoms with Crippen LogP contribution in [-0.2, 0) is 5.75 Å². The Hall–Kier alpha value is -0.970. The zero-order valence-corrected chi connectivity index (χ0v) is 13.6. The minimum atomic E-state index is -0.191. The van der Waals surface area contributed by atoms with Crippen molar-refractivity contribution in [3.63, 3.8) is 0 Å². The zero-order chi connectivity index (χ0) is 14.7. The number of halogens is 2. The fourth-order valence-corrected chi connectivity index (χ4v) is 4.19. The van der Waals surface area contributed by atoms with E-state index in [-0.39, 0.29) is 5.82 Å². The van der Waals surface area contributed by atoms with Gasteiger partial charge in [-0.05, 0) is 35.9 Å². The lowest BCUT2D eigenvalue weighted by atomic mass is 10.2. The van der Waals surface area contributed by atoms with Crippen LogP contribution in [0, 0.1) is 5.82 Å². The molecule has 2 aromatic carbocycles. The highest BCUT2D eigenvalue weighted by Crippen LogP contribution is 2.36. The highest BCUT2D eigenvalue weighted by atomic mass is 35.5. The Balaban J connectivity index is 1.76. The summed E-state index contributed by atoms with van der Waals surface area (Å²) < 4.78 is 13.2. The molecule has 0 N–H and O–H groups in total. The Morgan fingerprint density at radius 3 is 3.00 bits per heavy atom. The first-order chi connectivity index (χ1) is 10.2. The van der Waals surface area contributed by atoms with Gasteiger partial charge < -0.3 is 0 Å². The molecule has 0 aliphatic carbocycles. The first-order valence-corrected chi connectivity index (χ1v) is 8.93. The molecule has 0 aromatic heterocycles. The molecule has 3 rings (SSSR count). The summed E-state index contributed by atoms with van der Waals surface area (Å²) in [6.07, 6.45) is 0.928. The van der Waals surface area contributed by atoms with E-state index in [0.29, 0.717) is 5.02 Å². The second-order valence-corrected chi connectivity index (χ2v) is 7.26. The van der Waals surface area contributed by atoms with Crippen molar-refractivity contribution in [2.75, 3.05) is 5.75 Å². The van der Waals surface area contributed by atoms with Crippen LogP contribution in [0.25, 0.3) is 0 Å². The fourth-order valence-electron chi connectivity index (χ4n) is 2.04. The summed E-state index contributed by atoms with van der Waals surface area (Å²) in [4.78, 5) is 5.89. The largest absolute Gasteiger partial charge is 0.245 e. The maximum absolute atomic E-state index is 13.2. The van der Waals surface area contributed by atoms with E-state index in [0.717, 1.165) is 34.2 Å². The van der Waals surface area contributed by atoms with Crippen molar-refractivity contribution in [3.8, 4) is 0 Å². The van der Waals surface area contributed by atoms with Gasteiger partial charge in [-0.3, -0.25) is 0 Å². The molecule has 21 heavy (non-hydrogen) atoms. The van der Waals surface area contributed by atoms with Crippen molar-refractivity contribution >= 4 is 45.9 Å². The third-order valence-electron chi connectivity index (χ3n) is 3.03. The van der Waals surface area contributed by atoms with Crippen LogP contribution in [0.5, 0.6) is 0 Å². The van der Waals surface area contributed by atoms with Crippen LogP contribution in [0.15, 0.2) is 52.4 Å². The molecule has 108 valence electrons. The molecule has 0 spiro atoms. The summed E-state index contributed by atoms with van der Waals surface area (Å²) >= 11 is 9.51. The van der Waals surface area contributed by atoms with Gasteiger partial charge >= 0.3 is 0 Å². The van der Waals surface area contributed by atoms with Crippen molar-refractivity contribution in [2.45, 2.75) is 17.1 Å². The lowest BCUT2D eigenvalue weighted by Gasteiger charge is -2.04. The van der Waals surface area contributed by atoms with Gasteiger partial charge in [0, 0.05) is 27.8 Å². The number of hydrogen-bond donors (Lipinski definition) is 0. The molecule has 0 saturated carbocycles. The average molecular weight is 338 g/mol. The summed E-state index contributed by atoms with van der Waals surface area (Å²) in [5.41, 5.74) is 1.91. The van der Waals surface area contributed by atoms with Gasteiger partial charge in [0.05, 0.1) is 10.7 Å². The maximum atomic E-state index is 13.2. The lowest BCUT2D eigenvalue weighted by Crippen LogP contribution is -1.94. The molecule has 5 heteroatoms. The minimum Gasteiger partial charge on any atom is -0.245 e. The number of aliphatic imine (C=N–C) groups is 1. The van der Waals surface area contributed by atoms with E-state index in [1.807, 2.05) is 24.3 Å². The van der Waals surface area contributed by atoms with Gasteiger partial charge in [-0.1, -0.05) is 23.7 Å². The SMILES string of the molecule is Fc1cccc(CSC2=Nc3cc(Cl)ccc3SCC2)c1. The van der Waals surface area contributed by atoms with Crippen molar-refractivity contribution in [3.05, 3.63) is 58.9 Å². The molecule has 1 nitrogen and oxygen atoms in total. The van der Waals surface area contributed by atoms with E-state index in [1.165, 1.54) is 11.0 Å². The van der Waals surface area contributed by atoms with Crippen LogP contribution in [-0.4, -0.2) is 10.8 Å². The van der Waals surface area contributed by atoms with Gasteiger partial charge in [0.1, 0.15) is 5.82 Å². The first kappa shape index (κ1) is 14.9. The number of benzene rings is 2. The van der Waals surface area contributed by atoms with Gasteiger partial charge in [0.2, 0.25) is 0 Å². The Morgan fingerprint density at radius 1 is 1.24 bits per heavy atom. The second-order valence-electron chi connectivity index (χ2n) is 4.63. The highest BCUT2D eigenvalue weighted by molar-refractivity contribution is 8.13. The first-order valence-electron chi connectivity index (χ1n) is 6.58. The molecule has 0 fully saturated rings. The Morgan fingerprint density at radius 2 is 2.14 bits per heavy atom. The highest BCUT2D eigenvalue weighted by Gasteiger charge is 2.12. The molecule has 2 aromatic rings. The summed E-state index contributed by atoms with van der Waals surface area (Å²) in [6.45, 7) is 0. The molecular weight excluding hydrogens is 325 g/mol. The number of fused-ring (bicyclic) bond motifs is 1. The summed E-state index contributed by atoms with van der Waals surface area (Å²) in [5, 5.41) is 1.78. The van der Waals surface area contributed by atoms with Crippen LogP contribution in [0.4, 0.5) is 10.1 Å². The summed E-state index contributed by atoms with van der Waals surface area (Å²) in [7, 11) is 0. The molecule has 0 atom stereocenters. The Kier molecular flexibility index (Phi) is 4.88. The van der Waals surface area contributed by atoms with Crippen molar-refractivity contribution in [2.24, 2.45) is 4.99 Å². The van der Waals surface area contributed by atoms with Gasteiger partial charge in [0.25, 0.3) is 0 Å². The van der Waals surface area contributed by atoms with Crippen molar-refractivity contribution in [1.82, 2.24) is 0 Å². The van der Waals surface area contributed by atoms with Crippen molar-refractivity contribution < 1.29 is 4.39 Å². The molecular formula is C16H13ClFNS2. The third kappa shape index (κ3) is 4.02. The summed E-state index contributed by atoms with van der Waals surface area (Å²) in [5.74, 6) is 1.55.